The van der Waals surface area contributed by atoms with Gasteiger partial charge in [-0.15, -0.1) is 0 Å². The monoisotopic (exact) mass is 442 g/mol. The van der Waals surface area contributed by atoms with Crippen molar-refractivity contribution in [2.24, 2.45) is 0 Å². The Balaban J connectivity index is 2.03. The second-order valence-corrected chi connectivity index (χ2v) is 20.8. The molecule has 24 heavy (non-hydrogen) atoms. The van der Waals surface area contributed by atoms with Crippen LogP contribution >= 0.6 is 0 Å². The van der Waals surface area contributed by atoms with Crippen molar-refractivity contribution in [3.05, 3.63) is 18.2 Å². The van der Waals surface area contributed by atoms with Crippen molar-refractivity contribution in [3.63, 3.8) is 0 Å². The zero-order chi connectivity index (χ0) is 17.3. The summed E-state index contributed by atoms with van der Waals surface area (Å²) in [4.78, 5) is 0. The van der Waals surface area contributed by atoms with Crippen LogP contribution in [0.4, 0.5) is 0 Å². The van der Waals surface area contributed by atoms with Gasteiger partial charge in [-0.05, 0) is 0 Å². The fraction of sp³-hybridized carbons (Fsp3) is 0.700. The molecule has 0 aromatic heterocycles. The van der Waals surface area contributed by atoms with Crippen LogP contribution in [0.15, 0.2) is 18.2 Å². The molecule has 2 rings (SSSR count). The van der Waals surface area contributed by atoms with E-state index in [0.29, 0.717) is 6.79 Å². The summed E-state index contributed by atoms with van der Waals surface area (Å²) in [6, 6.07) is 6.00. The van der Waals surface area contributed by atoms with Gasteiger partial charge in [0, 0.05) is 0 Å². The van der Waals surface area contributed by atoms with Crippen LogP contribution < -0.4 is 14.2 Å². The SMILES string of the molecule is CCC[CH2][Sn]([CH2]CCC)([CH2]CCC)[CH2]Oc1ccc2c(c1)OCO2. The number of fused-ring (bicyclic) bond motifs is 1. The van der Waals surface area contributed by atoms with E-state index in [0.717, 1.165) is 21.9 Å². The van der Waals surface area contributed by atoms with Gasteiger partial charge >= 0.3 is 152 Å². The summed E-state index contributed by atoms with van der Waals surface area (Å²) in [6.07, 6.45) is 8.07. The van der Waals surface area contributed by atoms with E-state index in [4.69, 9.17) is 14.2 Å². The quantitative estimate of drug-likeness (QED) is 0.363. The average Bonchev–Trinajstić information content (AvgIpc) is 3.08. The van der Waals surface area contributed by atoms with E-state index >= 15 is 0 Å². The van der Waals surface area contributed by atoms with Crippen LogP contribution in [0.5, 0.6) is 17.2 Å². The molecule has 0 aliphatic carbocycles. The Bertz CT molecular complexity index is 468. The van der Waals surface area contributed by atoms with Gasteiger partial charge in [0.25, 0.3) is 0 Å². The van der Waals surface area contributed by atoms with Crippen molar-refractivity contribution in [1.82, 2.24) is 0 Å². The summed E-state index contributed by atoms with van der Waals surface area (Å²) in [6.45, 7) is 7.27. The molecule has 0 fully saturated rings. The topological polar surface area (TPSA) is 27.7 Å². The number of unbranched alkanes of at least 4 members (excludes halogenated alkanes) is 3. The van der Waals surface area contributed by atoms with E-state index in [2.05, 4.69) is 20.8 Å². The molecule has 0 N–H and O–H groups in total. The summed E-state index contributed by atoms with van der Waals surface area (Å²) in [5.41, 5.74) is 0. The van der Waals surface area contributed by atoms with E-state index in [-0.39, 0.29) is 0 Å². The molecule has 136 valence electrons. The first-order valence-corrected chi connectivity index (χ1v) is 17.8. The molecule has 0 saturated heterocycles. The van der Waals surface area contributed by atoms with Crippen molar-refractivity contribution < 1.29 is 14.2 Å². The third-order valence-corrected chi connectivity index (χ3v) is 19.3. The number of hydrogen-bond acceptors (Lipinski definition) is 3. The van der Waals surface area contributed by atoms with Gasteiger partial charge in [-0.2, -0.15) is 0 Å². The van der Waals surface area contributed by atoms with E-state index < -0.39 is 18.4 Å². The summed E-state index contributed by atoms with van der Waals surface area (Å²) in [5.74, 6) is 2.61. The minimum absolute atomic E-state index is 0.325. The van der Waals surface area contributed by atoms with Crippen molar-refractivity contribution in [2.45, 2.75) is 72.6 Å². The van der Waals surface area contributed by atoms with Crippen LogP contribution in [-0.2, 0) is 0 Å². The first-order valence-electron chi connectivity index (χ1n) is 9.75. The van der Waals surface area contributed by atoms with E-state index in [1.54, 1.807) is 0 Å². The molecule has 1 aliphatic rings. The fourth-order valence-corrected chi connectivity index (χ4v) is 17.6. The van der Waals surface area contributed by atoms with Crippen LogP contribution in [-0.4, -0.2) is 29.8 Å². The summed E-state index contributed by atoms with van der Waals surface area (Å²) in [7, 11) is 0. The van der Waals surface area contributed by atoms with Gasteiger partial charge in [-0.3, -0.25) is 0 Å². The van der Waals surface area contributed by atoms with Gasteiger partial charge in [0.05, 0.1) is 0 Å². The molecule has 4 heteroatoms. The standard InChI is InChI=1S/C8H7O3.3C4H9.Sn/c1-9-6-2-3-7-8(4-6)11-5-10-7;3*1-3-4-2;/h2-4H,1,5H2;3*1,3-4H2,2H3;. The number of benzene rings is 1. The van der Waals surface area contributed by atoms with Crippen molar-refractivity contribution in [2.75, 3.05) is 11.4 Å². The third kappa shape index (κ3) is 5.75. The molecule has 0 atom stereocenters. The Kier molecular flexibility index (Phi) is 8.57. The van der Waals surface area contributed by atoms with Crippen molar-refractivity contribution >= 4 is 18.4 Å². The maximum atomic E-state index is 6.35. The van der Waals surface area contributed by atoms with Gasteiger partial charge < -0.3 is 0 Å². The van der Waals surface area contributed by atoms with Gasteiger partial charge in [-0.1, -0.05) is 0 Å². The molecule has 0 unspecified atom stereocenters. The molecule has 0 amide bonds. The molecule has 0 spiro atoms. The second kappa shape index (κ2) is 10.4. The van der Waals surface area contributed by atoms with Gasteiger partial charge in [0.2, 0.25) is 0 Å². The summed E-state index contributed by atoms with van der Waals surface area (Å²) in [5, 5.41) is 0. The fourth-order valence-electron chi connectivity index (χ4n) is 3.45. The molecule has 0 radical (unpaired) electrons. The molecule has 3 nitrogen and oxygen atoms in total. The van der Waals surface area contributed by atoms with Gasteiger partial charge in [-0.25, -0.2) is 0 Å². The number of ether oxygens (including phenoxy) is 3. The molecule has 0 bridgehead atoms. The molecule has 1 aromatic carbocycles. The molecular weight excluding hydrogens is 407 g/mol. The normalized spacial score (nSPS) is 13.3. The first-order chi connectivity index (χ1) is 11.7. The molecule has 0 saturated carbocycles. The van der Waals surface area contributed by atoms with Crippen molar-refractivity contribution in [3.8, 4) is 17.2 Å². The number of rotatable bonds is 12. The number of hydrogen-bond donors (Lipinski definition) is 0. The molecule has 1 aliphatic heterocycles. The minimum atomic E-state index is -2.22. The molecule has 1 heterocycles. The Morgan fingerprint density at radius 2 is 1.46 bits per heavy atom. The van der Waals surface area contributed by atoms with Crippen LogP contribution in [0.25, 0.3) is 0 Å². The predicted octanol–water partition coefficient (Wildman–Crippen LogP) is 6.18. The molecular formula is C20H34O3Sn. The van der Waals surface area contributed by atoms with E-state index in [9.17, 15) is 0 Å². The Hall–Kier alpha value is -0.581. The summed E-state index contributed by atoms with van der Waals surface area (Å²) < 4.78 is 22.7. The predicted molar refractivity (Wildman–Crippen MR) is 103 cm³/mol. The zero-order valence-corrected chi connectivity index (χ0v) is 18.6. The van der Waals surface area contributed by atoms with Crippen LogP contribution in [0.1, 0.15) is 59.3 Å². The zero-order valence-electron chi connectivity index (χ0n) is 15.7. The Labute approximate surface area is 151 Å². The maximum absolute atomic E-state index is 6.35. The van der Waals surface area contributed by atoms with Crippen LogP contribution in [0.3, 0.4) is 0 Å². The summed E-state index contributed by atoms with van der Waals surface area (Å²) >= 11 is -2.22. The van der Waals surface area contributed by atoms with Crippen molar-refractivity contribution in [1.29, 1.82) is 0 Å². The molecule has 1 aromatic rings. The third-order valence-electron chi connectivity index (χ3n) is 5.07. The first kappa shape index (κ1) is 19.7. The average molecular weight is 441 g/mol. The Morgan fingerprint density at radius 3 is 2.04 bits per heavy atom. The second-order valence-electron chi connectivity index (χ2n) is 7.11. The van der Waals surface area contributed by atoms with E-state index in [1.807, 2.05) is 18.2 Å². The van der Waals surface area contributed by atoms with Crippen LogP contribution in [0, 0.1) is 0 Å². The van der Waals surface area contributed by atoms with Gasteiger partial charge in [0.1, 0.15) is 0 Å². The van der Waals surface area contributed by atoms with Gasteiger partial charge in [0.15, 0.2) is 0 Å². The van der Waals surface area contributed by atoms with E-state index in [1.165, 1.54) is 51.8 Å². The Morgan fingerprint density at radius 1 is 0.875 bits per heavy atom. The van der Waals surface area contributed by atoms with Crippen LogP contribution in [0.2, 0.25) is 13.3 Å².